The van der Waals surface area contributed by atoms with Crippen molar-refractivity contribution in [3.05, 3.63) is 51.2 Å². The normalized spacial score (nSPS) is 11.2. The molecule has 0 atom stereocenters. The molecule has 0 spiro atoms. The lowest BCUT2D eigenvalue weighted by atomic mass is 10.2. The smallest absolute Gasteiger partial charge is 0.406 e. The van der Waals surface area contributed by atoms with Crippen LogP contribution in [-0.2, 0) is 6.54 Å². The van der Waals surface area contributed by atoms with Crippen LogP contribution < -0.4 is 10.1 Å². The number of amides is 1. The van der Waals surface area contributed by atoms with Gasteiger partial charge >= 0.3 is 6.36 Å². The van der Waals surface area contributed by atoms with Crippen LogP contribution in [0.5, 0.6) is 5.75 Å². The Hall–Kier alpha value is -1.73. The average Bonchev–Trinajstić information content (AvgIpc) is 2.82. The van der Waals surface area contributed by atoms with Crippen LogP contribution in [0.1, 0.15) is 15.2 Å². The van der Waals surface area contributed by atoms with E-state index in [1.807, 2.05) is 0 Å². The molecule has 0 unspecified atom stereocenters. The highest BCUT2D eigenvalue weighted by molar-refractivity contribution is 7.17. The van der Waals surface area contributed by atoms with Gasteiger partial charge in [0.25, 0.3) is 5.91 Å². The molecule has 2 aromatic rings. The summed E-state index contributed by atoms with van der Waals surface area (Å²) in [7, 11) is 0. The number of rotatable bonds is 4. The summed E-state index contributed by atoms with van der Waals surface area (Å²) in [5.74, 6) is -0.592. The summed E-state index contributed by atoms with van der Waals surface area (Å²) in [5, 5.41) is 2.65. The van der Waals surface area contributed by atoms with E-state index in [4.69, 9.17) is 11.6 Å². The predicted molar refractivity (Wildman–Crippen MR) is 73.6 cm³/mol. The molecule has 0 bridgehead atoms. The Morgan fingerprint density at radius 3 is 2.38 bits per heavy atom. The lowest BCUT2D eigenvalue weighted by Crippen LogP contribution is -2.21. The molecule has 1 N–H and O–H groups in total. The maximum atomic E-state index is 12.0. The van der Waals surface area contributed by atoms with Crippen molar-refractivity contribution in [1.29, 1.82) is 0 Å². The topological polar surface area (TPSA) is 38.3 Å². The quantitative estimate of drug-likeness (QED) is 0.908. The zero-order valence-corrected chi connectivity index (χ0v) is 12.0. The fraction of sp³-hybridized carbons (Fsp3) is 0.154. The Morgan fingerprint density at radius 1 is 1.19 bits per heavy atom. The van der Waals surface area contributed by atoms with Gasteiger partial charge in [-0.05, 0) is 29.8 Å². The van der Waals surface area contributed by atoms with Crippen molar-refractivity contribution >= 4 is 28.8 Å². The minimum absolute atomic E-state index is 0.195. The highest BCUT2D eigenvalue weighted by atomic mass is 35.5. The molecule has 3 nitrogen and oxygen atoms in total. The summed E-state index contributed by atoms with van der Waals surface area (Å²) >= 11 is 6.87. The van der Waals surface area contributed by atoms with Gasteiger partial charge in [0.05, 0.1) is 9.21 Å². The third-order valence-corrected chi connectivity index (χ3v) is 3.64. The van der Waals surface area contributed by atoms with E-state index in [1.165, 1.54) is 24.3 Å². The molecule has 0 aliphatic heterocycles. The second-order valence-corrected chi connectivity index (χ2v) is 5.69. The minimum atomic E-state index is -4.71. The number of halogens is 4. The largest absolute Gasteiger partial charge is 0.573 e. The maximum absolute atomic E-state index is 12.0. The zero-order chi connectivity index (χ0) is 15.5. The van der Waals surface area contributed by atoms with Crippen LogP contribution in [-0.4, -0.2) is 12.3 Å². The van der Waals surface area contributed by atoms with Crippen LogP contribution in [0.15, 0.2) is 36.4 Å². The zero-order valence-electron chi connectivity index (χ0n) is 10.4. The summed E-state index contributed by atoms with van der Waals surface area (Å²) in [6, 6.07) is 8.49. The van der Waals surface area contributed by atoms with Crippen LogP contribution in [0.3, 0.4) is 0 Å². The van der Waals surface area contributed by atoms with E-state index in [2.05, 4.69) is 10.1 Å². The number of alkyl halides is 3. The first kappa shape index (κ1) is 15.7. The fourth-order valence-corrected chi connectivity index (χ4v) is 2.47. The fourth-order valence-electron chi connectivity index (χ4n) is 1.51. The van der Waals surface area contributed by atoms with Gasteiger partial charge in [0, 0.05) is 6.54 Å². The van der Waals surface area contributed by atoms with Crippen molar-refractivity contribution in [2.45, 2.75) is 12.9 Å². The first-order valence-electron chi connectivity index (χ1n) is 5.72. The molecule has 1 heterocycles. The van der Waals surface area contributed by atoms with E-state index in [0.717, 1.165) is 11.3 Å². The van der Waals surface area contributed by atoms with Crippen molar-refractivity contribution in [2.75, 3.05) is 0 Å². The highest BCUT2D eigenvalue weighted by Gasteiger charge is 2.30. The number of benzene rings is 1. The van der Waals surface area contributed by atoms with Crippen molar-refractivity contribution in [2.24, 2.45) is 0 Å². The standard InChI is InChI=1S/C13H9ClF3NO2S/c14-11-6-5-10(21-11)12(19)18-7-8-1-3-9(4-2-8)20-13(15,16)17/h1-6H,7H2,(H,18,19). The molecule has 8 heteroatoms. The molecular weight excluding hydrogens is 327 g/mol. The highest BCUT2D eigenvalue weighted by Crippen LogP contribution is 2.23. The summed E-state index contributed by atoms with van der Waals surface area (Å²) < 4.78 is 40.3. The molecule has 2 rings (SSSR count). The van der Waals surface area contributed by atoms with Crippen molar-refractivity contribution < 1.29 is 22.7 Å². The first-order chi connectivity index (χ1) is 9.83. The van der Waals surface area contributed by atoms with E-state index in [1.54, 1.807) is 12.1 Å². The summed E-state index contributed by atoms with van der Waals surface area (Å²) in [6.07, 6.45) is -4.71. The number of thiophene rings is 1. The van der Waals surface area contributed by atoms with E-state index in [-0.39, 0.29) is 18.2 Å². The number of nitrogens with one attached hydrogen (secondary N) is 1. The number of hydrogen-bond acceptors (Lipinski definition) is 3. The van der Waals surface area contributed by atoms with Gasteiger partial charge in [-0.15, -0.1) is 24.5 Å². The number of carbonyl (C=O) groups is 1. The van der Waals surface area contributed by atoms with Gasteiger partial charge in [-0.2, -0.15) is 0 Å². The molecule has 0 radical (unpaired) electrons. The lowest BCUT2D eigenvalue weighted by Gasteiger charge is -2.09. The Kier molecular flexibility index (Phi) is 4.74. The molecule has 1 amide bonds. The molecule has 0 fully saturated rings. The average molecular weight is 336 g/mol. The van der Waals surface area contributed by atoms with Crippen LogP contribution in [0.2, 0.25) is 4.34 Å². The van der Waals surface area contributed by atoms with Gasteiger partial charge in [0.2, 0.25) is 0 Å². The van der Waals surface area contributed by atoms with E-state index in [9.17, 15) is 18.0 Å². The Bertz CT molecular complexity index is 625. The molecule has 0 aliphatic carbocycles. The van der Waals surface area contributed by atoms with Gasteiger partial charge in [-0.3, -0.25) is 4.79 Å². The van der Waals surface area contributed by atoms with E-state index < -0.39 is 6.36 Å². The maximum Gasteiger partial charge on any atom is 0.573 e. The molecule has 0 saturated heterocycles. The van der Waals surface area contributed by atoms with E-state index >= 15 is 0 Å². The van der Waals surface area contributed by atoms with Crippen molar-refractivity contribution in [3.63, 3.8) is 0 Å². The van der Waals surface area contributed by atoms with Gasteiger partial charge in [0.15, 0.2) is 0 Å². The van der Waals surface area contributed by atoms with E-state index in [0.29, 0.717) is 14.8 Å². The number of carbonyl (C=O) groups excluding carboxylic acids is 1. The second kappa shape index (κ2) is 6.36. The summed E-state index contributed by atoms with van der Waals surface area (Å²) in [5.41, 5.74) is 0.653. The number of ether oxygens (including phenoxy) is 1. The summed E-state index contributed by atoms with van der Waals surface area (Å²) in [6.45, 7) is 0.195. The predicted octanol–water partition coefficient (Wildman–Crippen LogP) is 4.23. The van der Waals surface area contributed by atoms with Gasteiger partial charge in [0.1, 0.15) is 5.75 Å². The third-order valence-electron chi connectivity index (χ3n) is 2.41. The molecule has 0 aliphatic rings. The monoisotopic (exact) mass is 335 g/mol. The molecule has 0 saturated carbocycles. The SMILES string of the molecule is O=C(NCc1ccc(OC(F)(F)F)cc1)c1ccc(Cl)s1. The molecule has 21 heavy (non-hydrogen) atoms. The molecule has 1 aromatic carbocycles. The first-order valence-corrected chi connectivity index (χ1v) is 6.91. The van der Waals surface area contributed by atoms with Crippen molar-refractivity contribution in [1.82, 2.24) is 5.32 Å². The lowest BCUT2D eigenvalue weighted by molar-refractivity contribution is -0.274. The summed E-state index contributed by atoms with van der Waals surface area (Å²) in [4.78, 5) is 12.2. The Balaban J connectivity index is 1.90. The molecule has 112 valence electrons. The third kappa shape index (κ3) is 4.95. The van der Waals surface area contributed by atoms with Crippen LogP contribution in [0.4, 0.5) is 13.2 Å². The van der Waals surface area contributed by atoms with Gasteiger partial charge in [-0.1, -0.05) is 23.7 Å². The van der Waals surface area contributed by atoms with Gasteiger partial charge < -0.3 is 10.1 Å². The molecular formula is C13H9ClF3NO2S. The Labute approximate surface area is 127 Å². The number of hydrogen-bond donors (Lipinski definition) is 1. The Morgan fingerprint density at radius 2 is 1.86 bits per heavy atom. The van der Waals surface area contributed by atoms with Gasteiger partial charge in [-0.25, -0.2) is 0 Å². The second-order valence-electron chi connectivity index (χ2n) is 3.98. The minimum Gasteiger partial charge on any atom is -0.406 e. The van der Waals surface area contributed by atoms with Crippen LogP contribution >= 0.6 is 22.9 Å². The van der Waals surface area contributed by atoms with Crippen molar-refractivity contribution in [3.8, 4) is 5.75 Å². The van der Waals surface area contributed by atoms with Crippen LogP contribution in [0, 0.1) is 0 Å². The molecule has 1 aromatic heterocycles. The van der Waals surface area contributed by atoms with Crippen LogP contribution in [0.25, 0.3) is 0 Å².